The molecule has 1 aromatic heterocycles. The molecule has 0 aliphatic carbocycles. The van der Waals surface area contributed by atoms with Gasteiger partial charge in [-0.3, -0.25) is 9.59 Å². The van der Waals surface area contributed by atoms with E-state index in [1.165, 1.54) is 19.3 Å². The molecule has 0 unspecified atom stereocenters. The van der Waals surface area contributed by atoms with E-state index in [0.717, 1.165) is 18.4 Å². The molecule has 4 nitrogen and oxygen atoms in total. The van der Waals surface area contributed by atoms with Gasteiger partial charge in [-0.1, -0.05) is 62.9 Å². The largest absolute Gasteiger partial charge is 0.349 e. The molecule has 0 aliphatic heterocycles. The van der Waals surface area contributed by atoms with E-state index in [1.807, 2.05) is 37.3 Å². The van der Waals surface area contributed by atoms with Crippen LogP contribution >= 0.6 is 0 Å². The molecule has 1 amide bonds. The van der Waals surface area contributed by atoms with Crippen molar-refractivity contribution < 1.29 is 4.79 Å². The first-order valence-electron chi connectivity index (χ1n) is 8.71. The van der Waals surface area contributed by atoms with Gasteiger partial charge in [0.15, 0.2) is 0 Å². The van der Waals surface area contributed by atoms with Gasteiger partial charge >= 0.3 is 0 Å². The molecule has 1 heterocycles. The molecule has 0 saturated carbocycles. The predicted octanol–water partition coefficient (Wildman–Crippen LogP) is 4.13. The molecule has 128 valence electrons. The van der Waals surface area contributed by atoms with Gasteiger partial charge in [-0.2, -0.15) is 0 Å². The van der Waals surface area contributed by atoms with Gasteiger partial charge in [-0.15, -0.1) is 0 Å². The first-order valence-corrected chi connectivity index (χ1v) is 8.71. The summed E-state index contributed by atoms with van der Waals surface area (Å²) >= 11 is 0. The Bertz CT molecular complexity index is 707. The monoisotopic (exact) mass is 326 g/mol. The highest BCUT2D eigenvalue weighted by atomic mass is 16.2. The first-order chi connectivity index (χ1) is 11.6. The number of H-pyrrole nitrogens is 1. The molecule has 0 radical (unpaired) electrons. The minimum absolute atomic E-state index is 0.0718. The van der Waals surface area contributed by atoms with Crippen LogP contribution in [0.4, 0.5) is 0 Å². The van der Waals surface area contributed by atoms with E-state index < -0.39 is 0 Å². The summed E-state index contributed by atoms with van der Waals surface area (Å²) in [5.41, 5.74) is 1.44. The summed E-state index contributed by atoms with van der Waals surface area (Å²) in [6, 6.07) is 13.0. The van der Waals surface area contributed by atoms with Crippen molar-refractivity contribution in [3.8, 4) is 11.3 Å². The summed E-state index contributed by atoms with van der Waals surface area (Å²) in [5, 5.41) is 2.91. The number of aromatic amines is 1. The quantitative estimate of drug-likeness (QED) is 0.716. The maximum absolute atomic E-state index is 12.3. The maximum Gasteiger partial charge on any atom is 0.261 e. The van der Waals surface area contributed by atoms with Crippen LogP contribution in [0.15, 0.2) is 47.3 Å². The van der Waals surface area contributed by atoms with Crippen LogP contribution in [0.1, 0.15) is 56.3 Å². The average molecular weight is 326 g/mol. The Morgan fingerprint density at radius 2 is 1.83 bits per heavy atom. The Labute approximate surface area is 143 Å². The highest BCUT2D eigenvalue weighted by molar-refractivity contribution is 5.94. The molecule has 2 rings (SSSR count). The van der Waals surface area contributed by atoms with Crippen molar-refractivity contribution in [2.75, 3.05) is 0 Å². The van der Waals surface area contributed by atoms with Crippen LogP contribution in [-0.2, 0) is 0 Å². The van der Waals surface area contributed by atoms with Crippen LogP contribution in [0, 0.1) is 0 Å². The topological polar surface area (TPSA) is 62.0 Å². The summed E-state index contributed by atoms with van der Waals surface area (Å²) in [6.07, 6.45) is 5.64. The lowest BCUT2D eigenvalue weighted by atomic mass is 10.1. The number of rotatable bonds is 8. The Balaban J connectivity index is 1.99. The van der Waals surface area contributed by atoms with Crippen molar-refractivity contribution in [1.82, 2.24) is 10.3 Å². The summed E-state index contributed by atoms with van der Waals surface area (Å²) in [4.78, 5) is 27.3. The third-order valence-electron chi connectivity index (χ3n) is 4.11. The van der Waals surface area contributed by atoms with Crippen molar-refractivity contribution in [3.05, 3.63) is 58.4 Å². The fraction of sp³-hybridized carbons (Fsp3) is 0.400. The van der Waals surface area contributed by atoms with Gasteiger partial charge < -0.3 is 10.3 Å². The number of hydrogen-bond acceptors (Lipinski definition) is 2. The number of carbonyl (C=O) groups excluding carboxylic acids is 1. The first kappa shape index (κ1) is 18.0. The number of unbranched alkanes of at least 4 members (excludes halogenated alkanes) is 3. The number of carbonyl (C=O) groups is 1. The fourth-order valence-corrected chi connectivity index (χ4v) is 2.69. The molecule has 1 aromatic carbocycles. The second-order valence-electron chi connectivity index (χ2n) is 6.20. The van der Waals surface area contributed by atoms with Crippen molar-refractivity contribution in [1.29, 1.82) is 0 Å². The second kappa shape index (κ2) is 9.06. The van der Waals surface area contributed by atoms with Crippen molar-refractivity contribution in [2.45, 2.75) is 52.0 Å². The number of amides is 1. The Morgan fingerprint density at radius 3 is 2.50 bits per heavy atom. The number of nitrogens with one attached hydrogen (secondary N) is 2. The number of pyridine rings is 1. The standard InChI is InChI=1S/C20H26N2O2/c1-3-4-5-7-10-15(2)21-19(23)17-13-14-18(22-20(17)24)16-11-8-6-9-12-16/h6,8-9,11-15H,3-5,7,10H2,1-2H3,(H,21,23)(H,22,24)/t15-/m0/s1. The maximum atomic E-state index is 12.3. The van der Waals surface area contributed by atoms with Crippen LogP contribution in [-0.4, -0.2) is 16.9 Å². The van der Waals surface area contributed by atoms with Gasteiger partial charge in [0.25, 0.3) is 11.5 Å². The van der Waals surface area contributed by atoms with Crippen LogP contribution in [0.25, 0.3) is 11.3 Å². The normalized spacial score (nSPS) is 11.9. The second-order valence-corrected chi connectivity index (χ2v) is 6.20. The molecular formula is C20H26N2O2. The predicted molar refractivity (Wildman–Crippen MR) is 98.2 cm³/mol. The minimum Gasteiger partial charge on any atom is -0.349 e. The minimum atomic E-state index is -0.355. The van der Waals surface area contributed by atoms with Gasteiger partial charge in [0.2, 0.25) is 0 Å². The molecule has 4 heteroatoms. The molecule has 0 fully saturated rings. The van der Waals surface area contributed by atoms with E-state index in [0.29, 0.717) is 5.69 Å². The Morgan fingerprint density at radius 1 is 1.08 bits per heavy atom. The van der Waals surface area contributed by atoms with Crippen molar-refractivity contribution in [2.24, 2.45) is 0 Å². The van der Waals surface area contributed by atoms with E-state index >= 15 is 0 Å². The van der Waals surface area contributed by atoms with E-state index in [2.05, 4.69) is 17.2 Å². The number of benzene rings is 1. The van der Waals surface area contributed by atoms with E-state index in [9.17, 15) is 9.59 Å². The highest BCUT2D eigenvalue weighted by Crippen LogP contribution is 2.14. The zero-order valence-corrected chi connectivity index (χ0v) is 14.5. The molecule has 1 atom stereocenters. The van der Waals surface area contributed by atoms with Gasteiger partial charge in [0.1, 0.15) is 5.56 Å². The molecule has 0 spiro atoms. The van der Waals surface area contributed by atoms with Crippen LogP contribution in [0.5, 0.6) is 0 Å². The highest BCUT2D eigenvalue weighted by Gasteiger charge is 2.13. The van der Waals surface area contributed by atoms with E-state index in [4.69, 9.17) is 0 Å². The van der Waals surface area contributed by atoms with Gasteiger partial charge in [0, 0.05) is 11.7 Å². The zero-order valence-electron chi connectivity index (χ0n) is 14.5. The number of hydrogen-bond donors (Lipinski definition) is 2. The van der Waals surface area contributed by atoms with E-state index in [-0.39, 0.29) is 23.1 Å². The molecule has 2 N–H and O–H groups in total. The molecule has 0 saturated heterocycles. The summed E-state index contributed by atoms with van der Waals surface area (Å²) in [7, 11) is 0. The third-order valence-corrected chi connectivity index (χ3v) is 4.11. The lowest BCUT2D eigenvalue weighted by Gasteiger charge is -2.13. The Kier molecular flexibility index (Phi) is 6.79. The molecular weight excluding hydrogens is 300 g/mol. The van der Waals surface area contributed by atoms with Crippen LogP contribution in [0.2, 0.25) is 0 Å². The van der Waals surface area contributed by atoms with Crippen LogP contribution in [0.3, 0.4) is 0 Å². The van der Waals surface area contributed by atoms with Crippen molar-refractivity contribution >= 4 is 5.91 Å². The summed E-state index contributed by atoms with van der Waals surface area (Å²) in [6.45, 7) is 4.16. The summed E-state index contributed by atoms with van der Waals surface area (Å²) < 4.78 is 0. The number of aromatic nitrogens is 1. The molecule has 0 aliphatic rings. The lowest BCUT2D eigenvalue weighted by Crippen LogP contribution is -2.35. The average Bonchev–Trinajstić information content (AvgIpc) is 2.59. The molecule has 24 heavy (non-hydrogen) atoms. The zero-order chi connectivity index (χ0) is 17.4. The SMILES string of the molecule is CCCCCC[C@H](C)NC(=O)c1ccc(-c2ccccc2)[nH]c1=O. The fourth-order valence-electron chi connectivity index (χ4n) is 2.69. The molecule has 2 aromatic rings. The lowest BCUT2D eigenvalue weighted by molar-refractivity contribution is 0.0936. The smallest absolute Gasteiger partial charge is 0.261 e. The van der Waals surface area contributed by atoms with Crippen LogP contribution < -0.4 is 10.9 Å². The molecule has 0 bridgehead atoms. The third kappa shape index (κ3) is 5.08. The van der Waals surface area contributed by atoms with E-state index in [1.54, 1.807) is 12.1 Å². The van der Waals surface area contributed by atoms with Crippen molar-refractivity contribution in [3.63, 3.8) is 0 Å². The van der Waals surface area contributed by atoms with Gasteiger partial charge in [-0.25, -0.2) is 0 Å². The summed E-state index contributed by atoms with van der Waals surface area (Å²) in [5.74, 6) is -0.307. The Hall–Kier alpha value is -2.36. The van der Waals surface area contributed by atoms with Gasteiger partial charge in [-0.05, 0) is 31.0 Å². The van der Waals surface area contributed by atoms with Gasteiger partial charge in [0.05, 0.1) is 0 Å².